The molecular formula is C12H18O4S. The molecule has 0 saturated heterocycles. The number of aryl methyl sites for hydroxylation is 1. The number of hydrogen-bond donors (Lipinski definition) is 1. The minimum atomic E-state index is -4.19. The van der Waals surface area contributed by atoms with Crippen LogP contribution in [0.2, 0.25) is 0 Å². The van der Waals surface area contributed by atoms with E-state index < -0.39 is 10.1 Å². The summed E-state index contributed by atoms with van der Waals surface area (Å²) in [6, 6.07) is 3.14. The van der Waals surface area contributed by atoms with Crippen LogP contribution in [0.3, 0.4) is 0 Å². The molecular weight excluding hydrogens is 240 g/mol. The zero-order chi connectivity index (χ0) is 13.2. The van der Waals surface area contributed by atoms with Crippen molar-refractivity contribution in [2.45, 2.75) is 38.5 Å². The highest BCUT2D eigenvalue weighted by atomic mass is 32.2. The molecule has 0 atom stereocenters. The predicted molar refractivity (Wildman–Crippen MR) is 66.3 cm³/mol. The van der Waals surface area contributed by atoms with Crippen LogP contribution in [0.1, 0.15) is 37.8 Å². The predicted octanol–water partition coefficient (Wildman–Crippen LogP) is 2.76. The van der Waals surface area contributed by atoms with Crippen LogP contribution >= 0.6 is 0 Å². The van der Waals surface area contributed by atoms with E-state index in [1.165, 1.54) is 6.07 Å². The van der Waals surface area contributed by atoms with Gasteiger partial charge in [-0.3, -0.25) is 4.55 Å². The molecule has 0 aliphatic heterocycles. The van der Waals surface area contributed by atoms with Crippen molar-refractivity contribution in [2.75, 3.05) is 6.61 Å². The van der Waals surface area contributed by atoms with Crippen molar-refractivity contribution >= 4 is 10.1 Å². The third-order valence-electron chi connectivity index (χ3n) is 2.51. The Morgan fingerprint density at radius 2 is 1.94 bits per heavy atom. The molecule has 0 aromatic heterocycles. The average molecular weight is 258 g/mol. The highest BCUT2D eigenvalue weighted by Gasteiger charge is 2.19. The summed E-state index contributed by atoms with van der Waals surface area (Å²) >= 11 is 0. The van der Waals surface area contributed by atoms with E-state index in [-0.39, 0.29) is 10.8 Å². The molecule has 96 valence electrons. The van der Waals surface area contributed by atoms with E-state index in [2.05, 4.69) is 0 Å². The Kier molecular flexibility index (Phi) is 4.16. The second-order valence-electron chi connectivity index (χ2n) is 4.22. The zero-order valence-corrected chi connectivity index (χ0v) is 11.3. The van der Waals surface area contributed by atoms with Crippen molar-refractivity contribution in [1.82, 2.24) is 0 Å². The lowest BCUT2D eigenvalue weighted by Gasteiger charge is -2.15. The molecule has 4 nitrogen and oxygen atoms in total. The molecule has 17 heavy (non-hydrogen) atoms. The fourth-order valence-corrected chi connectivity index (χ4v) is 2.58. The molecule has 0 unspecified atom stereocenters. The first-order chi connectivity index (χ1) is 7.77. The molecule has 0 heterocycles. The Morgan fingerprint density at radius 1 is 1.35 bits per heavy atom. The van der Waals surface area contributed by atoms with Crippen LogP contribution in [0, 0.1) is 6.92 Å². The van der Waals surface area contributed by atoms with Crippen LogP contribution in [0.15, 0.2) is 17.0 Å². The first kappa shape index (κ1) is 14.0. The monoisotopic (exact) mass is 258 g/mol. The standard InChI is InChI=1S/C12H18O4S/c1-5-16-11-7-10(8(2)3)12(6-9(11)4)17(13,14)15/h6-8H,5H2,1-4H3,(H,13,14,15). The quantitative estimate of drug-likeness (QED) is 0.843. The van der Waals surface area contributed by atoms with E-state index in [0.29, 0.717) is 23.5 Å². The molecule has 5 heteroatoms. The second kappa shape index (κ2) is 5.06. The normalized spacial score (nSPS) is 11.9. The summed E-state index contributed by atoms with van der Waals surface area (Å²) in [5, 5.41) is 0. The zero-order valence-electron chi connectivity index (χ0n) is 10.5. The van der Waals surface area contributed by atoms with Gasteiger partial charge >= 0.3 is 0 Å². The van der Waals surface area contributed by atoms with Gasteiger partial charge in [0.05, 0.1) is 11.5 Å². The van der Waals surface area contributed by atoms with Gasteiger partial charge in [-0.1, -0.05) is 13.8 Å². The van der Waals surface area contributed by atoms with Gasteiger partial charge in [-0.2, -0.15) is 8.42 Å². The van der Waals surface area contributed by atoms with Crippen LogP contribution in [0.4, 0.5) is 0 Å². The van der Waals surface area contributed by atoms with E-state index >= 15 is 0 Å². The van der Waals surface area contributed by atoms with Crippen LogP contribution in [0.5, 0.6) is 5.75 Å². The van der Waals surface area contributed by atoms with Crippen molar-refractivity contribution in [3.63, 3.8) is 0 Å². The summed E-state index contributed by atoms with van der Waals surface area (Å²) in [5.74, 6) is 0.648. The Hall–Kier alpha value is -1.07. The van der Waals surface area contributed by atoms with Gasteiger partial charge in [0, 0.05) is 0 Å². The van der Waals surface area contributed by atoms with Crippen LogP contribution in [-0.4, -0.2) is 19.6 Å². The summed E-state index contributed by atoms with van der Waals surface area (Å²) in [6.07, 6.45) is 0. The number of benzene rings is 1. The maximum absolute atomic E-state index is 11.3. The van der Waals surface area contributed by atoms with E-state index in [4.69, 9.17) is 4.74 Å². The SMILES string of the molecule is CCOc1cc(C(C)C)c(S(=O)(=O)O)cc1C. The van der Waals surface area contributed by atoms with Gasteiger partial charge in [-0.15, -0.1) is 0 Å². The van der Waals surface area contributed by atoms with Crippen LogP contribution in [-0.2, 0) is 10.1 Å². The molecule has 1 aromatic carbocycles. The average Bonchev–Trinajstić information content (AvgIpc) is 2.19. The first-order valence-electron chi connectivity index (χ1n) is 5.52. The molecule has 1 N–H and O–H groups in total. The van der Waals surface area contributed by atoms with Gasteiger partial charge in [-0.05, 0) is 43.0 Å². The maximum atomic E-state index is 11.3. The van der Waals surface area contributed by atoms with Crippen molar-refractivity contribution in [1.29, 1.82) is 0 Å². The van der Waals surface area contributed by atoms with Gasteiger partial charge in [0.15, 0.2) is 0 Å². The summed E-state index contributed by atoms with van der Waals surface area (Å²) in [7, 11) is -4.19. The molecule has 0 spiro atoms. The Balaban J connectivity index is 3.47. The number of hydrogen-bond acceptors (Lipinski definition) is 3. The molecule has 0 aliphatic rings. The van der Waals surface area contributed by atoms with Crippen molar-refractivity contribution in [3.8, 4) is 5.75 Å². The van der Waals surface area contributed by atoms with E-state index in [1.54, 1.807) is 13.0 Å². The summed E-state index contributed by atoms with van der Waals surface area (Å²) in [5.41, 5.74) is 1.27. The van der Waals surface area contributed by atoms with Gasteiger partial charge in [0.25, 0.3) is 10.1 Å². The Labute approximate surface area is 102 Å². The molecule has 1 rings (SSSR count). The Morgan fingerprint density at radius 3 is 2.35 bits per heavy atom. The number of ether oxygens (including phenoxy) is 1. The largest absolute Gasteiger partial charge is 0.494 e. The molecule has 0 radical (unpaired) electrons. The summed E-state index contributed by atoms with van der Waals surface area (Å²) in [4.78, 5) is -0.0338. The first-order valence-corrected chi connectivity index (χ1v) is 6.96. The van der Waals surface area contributed by atoms with Crippen molar-refractivity contribution < 1.29 is 17.7 Å². The highest BCUT2D eigenvalue weighted by molar-refractivity contribution is 7.85. The van der Waals surface area contributed by atoms with E-state index in [0.717, 1.165) is 0 Å². The third-order valence-corrected chi connectivity index (χ3v) is 3.42. The van der Waals surface area contributed by atoms with Gasteiger partial charge in [0.2, 0.25) is 0 Å². The maximum Gasteiger partial charge on any atom is 0.294 e. The van der Waals surface area contributed by atoms with Crippen molar-refractivity contribution in [3.05, 3.63) is 23.3 Å². The van der Waals surface area contributed by atoms with Crippen molar-refractivity contribution in [2.24, 2.45) is 0 Å². The molecule has 0 amide bonds. The van der Waals surface area contributed by atoms with E-state index in [1.807, 2.05) is 20.8 Å². The van der Waals surface area contributed by atoms with Crippen LogP contribution in [0.25, 0.3) is 0 Å². The topological polar surface area (TPSA) is 63.6 Å². The molecule has 0 aliphatic carbocycles. The molecule has 0 fully saturated rings. The highest BCUT2D eigenvalue weighted by Crippen LogP contribution is 2.30. The summed E-state index contributed by atoms with van der Waals surface area (Å²) in [6.45, 7) is 7.88. The fourth-order valence-electron chi connectivity index (χ4n) is 1.66. The van der Waals surface area contributed by atoms with Crippen LogP contribution < -0.4 is 4.74 Å². The lowest BCUT2D eigenvalue weighted by molar-refractivity contribution is 0.337. The molecule has 1 aromatic rings. The smallest absolute Gasteiger partial charge is 0.294 e. The third kappa shape index (κ3) is 3.20. The minimum Gasteiger partial charge on any atom is -0.494 e. The molecule has 0 saturated carbocycles. The van der Waals surface area contributed by atoms with Gasteiger partial charge in [-0.25, -0.2) is 0 Å². The lowest BCUT2D eigenvalue weighted by Crippen LogP contribution is -2.06. The lowest BCUT2D eigenvalue weighted by atomic mass is 10.0. The fraction of sp³-hybridized carbons (Fsp3) is 0.500. The van der Waals surface area contributed by atoms with E-state index in [9.17, 15) is 13.0 Å². The minimum absolute atomic E-state index is 0.00766. The number of rotatable bonds is 4. The Bertz CT molecular complexity index is 503. The summed E-state index contributed by atoms with van der Waals surface area (Å²) < 4.78 is 37.2. The second-order valence-corrected chi connectivity index (χ2v) is 5.61. The van der Waals surface area contributed by atoms with Gasteiger partial charge in [0.1, 0.15) is 5.75 Å². The molecule has 0 bridgehead atoms. The van der Waals surface area contributed by atoms with Gasteiger partial charge < -0.3 is 4.74 Å².